The lowest BCUT2D eigenvalue weighted by atomic mass is 10.1. The Labute approximate surface area is 123 Å². The summed E-state index contributed by atoms with van der Waals surface area (Å²) in [6, 6.07) is 4.23. The molecule has 1 heterocycles. The molecule has 0 aromatic heterocycles. The average Bonchev–Trinajstić information content (AvgIpc) is 2.94. The quantitative estimate of drug-likeness (QED) is 0.814. The molecule has 1 saturated heterocycles. The number of carbonyl (C=O) groups is 1. The highest BCUT2D eigenvalue weighted by Gasteiger charge is 2.17. The Kier molecular flexibility index (Phi) is 4.89. The Bertz CT molecular complexity index is 515. The van der Waals surface area contributed by atoms with E-state index in [1.54, 1.807) is 6.07 Å². The highest BCUT2D eigenvalue weighted by atomic mass is 32.1. The second kappa shape index (κ2) is 6.65. The van der Waals surface area contributed by atoms with Crippen LogP contribution in [0.5, 0.6) is 0 Å². The second-order valence-electron chi connectivity index (χ2n) is 4.82. The van der Waals surface area contributed by atoms with Crippen LogP contribution < -0.4 is 11.1 Å². The third-order valence-corrected chi connectivity index (χ3v) is 3.58. The van der Waals surface area contributed by atoms with Gasteiger partial charge in [-0.05, 0) is 31.0 Å². The third kappa shape index (κ3) is 3.66. The molecule has 1 aromatic carbocycles. The lowest BCUT2D eigenvalue weighted by Gasteiger charge is -2.16. The molecule has 6 heteroatoms. The van der Waals surface area contributed by atoms with Crippen molar-refractivity contribution in [2.24, 2.45) is 5.73 Å². The van der Waals surface area contributed by atoms with Gasteiger partial charge in [0.25, 0.3) is 0 Å². The van der Waals surface area contributed by atoms with Crippen molar-refractivity contribution in [3.05, 3.63) is 29.6 Å². The Hall–Kier alpha value is -1.69. The first-order valence-electron chi connectivity index (χ1n) is 6.69. The molecule has 0 unspecified atom stereocenters. The molecule has 1 aromatic rings. The fourth-order valence-corrected chi connectivity index (χ4v) is 2.47. The van der Waals surface area contributed by atoms with Gasteiger partial charge in [-0.15, -0.1) is 0 Å². The standard InChI is InChI=1S/C14H18FN3OS/c15-10-3-4-12(11(9-10)14(16)20)17-6-5-13(19)18-7-1-2-8-18/h3-4,9,17H,1-2,5-8H2,(H2,16,20). The van der Waals surface area contributed by atoms with Crippen LogP contribution in [0, 0.1) is 5.82 Å². The summed E-state index contributed by atoms with van der Waals surface area (Å²) in [7, 11) is 0. The molecule has 1 aliphatic rings. The third-order valence-electron chi connectivity index (χ3n) is 3.36. The number of thiocarbonyl (C=S) groups is 1. The van der Waals surface area contributed by atoms with E-state index < -0.39 is 0 Å². The molecule has 0 saturated carbocycles. The summed E-state index contributed by atoms with van der Waals surface area (Å²) >= 11 is 4.89. The van der Waals surface area contributed by atoms with Gasteiger partial charge in [-0.25, -0.2) is 4.39 Å². The summed E-state index contributed by atoms with van der Waals surface area (Å²) in [5, 5.41) is 3.09. The molecule has 3 N–H and O–H groups in total. The van der Waals surface area contributed by atoms with Crippen molar-refractivity contribution in [3.63, 3.8) is 0 Å². The van der Waals surface area contributed by atoms with E-state index in [9.17, 15) is 9.18 Å². The number of benzene rings is 1. The average molecular weight is 295 g/mol. The Balaban J connectivity index is 1.90. The topological polar surface area (TPSA) is 58.4 Å². The lowest BCUT2D eigenvalue weighted by molar-refractivity contribution is -0.129. The van der Waals surface area contributed by atoms with E-state index in [0.29, 0.717) is 24.2 Å². The summed E-state index contributed by atoms with van der Waals surface area (Å²) in [6.07, 6.45) is 2.58. The monoisotopic (exact) mass is 295 g/mol. The molecule has 1 fully saturated rings. The second-order valence-corrected chi connectivity index (χ2v) is 5.26. The van der Waals surface area contributed by atoms with Crippen LogP contribution in [0.2, 0.25) is 0 Å². The van der Waals surface area contributed by atoms with Crippen molar-refractivity contribution in [1.82, 2.24) is 4.90 Å². The number of likely N-dealkylation sites (tertiary alicyclic amines) is 1. The van der Waals surface area contributed by atoms with Gasteiger partial charge in [0.2, 0.25) is 5.91 Å². The predicted octanol–water partition coefficient (Wildman–Crippen LogP) is 1.88. The molecule has 4 nitrogen and oxygen atoms in total. The maximum atomic E-state index is 13.2. The number of anilines is 1. The van der Waals surface area contributed by atoms with E-state index >= 15 is 0 Å². The van der Waals surface area contributed by atoms with E-state index in [2.05, 4.69) is 5.32 Å². The molecule has 0 spiro atoms. The number of amides is 1. The van der Waals surface area contributed by atoms with E-state index in [-0.39, 0.29) is 16.7 Å². The van der Waals surface area contributed by atoms with E-state index in [0.717, 1.165) is 25.9 Å². The SMILES string of the molecule is NC(=S)c1cc(F)ccc1NCCC(=O)N1CCCC1. The van der Waals surface area contributed by atoms with E-state index in [4.69, 9.17) is 18.0 Å². The number of rotatable bonds is 5. The van der Waals surface area contributed by atoms with Gasteiger partial charge < -0.3 is 16.0 Å². The number of nitrogens with one attached hydrogen (secondary N) is 1. The highest BCUT2D eigenvalue weighted by Crippen LogP contribution is 2.17. The largest absolute Gasteiger partial charge is 0.389 e. The molecule has 1 aliphatic heterocycles. The molecule has 108 valence electrons. The van der Waals surface area contributed by atoms with Gasteiger partial charge in [-0.3, -0.25) is 4.79 Å². The fraction of sp³-hybridized carbons (Fsp3) is 0.429. The number of hydrogen-bond acceptors (Lipinski definition) is 3. The van der Waals surface area contributed by atoms with Crippen LogP contribution in [-0.4, -0.2) is 35.4 Å². The first-order chi connectivity index (χ1) is 9.58. The maximum absolute atomic E-state index is 13.2. The molecule has 1 amide bonds. The number of nitrogens with two attached hydrogens (primary N) is 1. The molecule has 0 bridgehead atoms. The minimum atomic E-state index is -0.383. The van der Waals surface area contributed by atoms with Crippen LogP contribution in [0.3, 0.4) is 0 Å². The molecule has 0 atom stereocenters. The van der Waals surface area contributed by atoms with Gasteiger partial charge in [-0.1, -0.05) is 12.2 Å². The van der Waals surface area contributed by atoms with Crippen LogP contribution in [0.15, 0.2) is 18.2 Å². The molecule has 0 aliphatic carbocycles. The maximum Gasteiger partial charge on any atom is 0.224 e. The summed E-state index contributed by atoms with van der Waals surface area (Å²) in [5.41, 5.74) is 6.69. The van der Waals surface area contributed by atoms with E-state index in [1.165, 1.54) is 12.1 Å². The first-order valence-corrected chi connectivity index (χ1v) is 7.10. The van der Waals surface area contributed by atoms with Gasteiger partial charge >= 0.3 is 0 Å². The van der Waals surface area contributed by atoms with Crippen LogP contribution in [0.4, 0.5) is 10.1 Å². The van der Waals surface area contributed by atoms with Crippen molar-refractivity contribution in [2.45, 2.75) is 19.3 Å². The summed E-state index contributed by atoms with van der Waals surface area (Å²) in [5.74, 6) is -0.236. The number of halogens is 1. The van der Waals surface area contributed by atoms with Crippen molar-refractivity contribution >= 4 is 28.8 Å². The molecule has 2 rings (SSSR count). The van der Waals surface area contributed by atoms with Crippen molar-refractivity contribution < 1.29 is 9.18 Å². The van der Waals surface area contributed by atoms with Crippen LogP contribution in [0.25, 0.3) is 0 Å². The van der Waals surface area contributed by atoms with Crippen LogP contribution in [0.1, 0.15) is 24.8 Å². The first kappa shape index (κ1) is 14.7. The molecule has 0 radical (unpaired) electrons. The van der Waals surface area contributed by atoms with Gasteiger partial charge in [0.15, 0.2) is 0 Å². The zero-order valence-corrected chi connectivity index (χ0v) is 12.0. The van der Waals surface area contributed by atoms with Gasteiger partial charge in [-0.2, -0.15) is 0 Å². The summed E-state index contributed by atoms with van der Waals surface area (Å²) < 4.78 is 13.2. The zero-order valence-electron chi connectivity index (χ0n) is 11.2. The number of carbonyl (C=O) groups excluding carboxylic acids is 1. The zero-order chi connectivity index (χ0) is 14.5. The normalized spacial score (nSPS) is 14.3. The highest BCUT2D eigenvalue weighted by molar-refractivity contribution is 7.80. The fourth-order valence-electron chi connectivity index (χ4n) is 2.30. The minimum Gasteiger partial charge on any atom is -0.389 e. The van der Waals surface area contributed by atoms with Crippen molar-refractivity contribution in [3.8, 4) is 0 Å². The lowest BCUT2D eigenvalue weighted by Crippen LogP contribution is -2.29. The predicted molar refractivity (Wildman–Crippen MR) is 81.2 cm³/mol. The van der Waals surface area contributed by atoms with Crippen LogP contribution >= 0.6 is 12.2 Å². The van der Waals surface area contributed by atoms with Crippen LogP contribution in [-0.2, 0) is 4.79 Å². The number of nitrogens with zero attached hydrogens (tertiary/aromatic N) is 1. The number of hydrogen-bond donors (Lipinski definition) is 2. The molecule has 20 heavy (non-hydrogen) atoms. The van der Waals surface area contributed by atoms with Crippen molar-refractivity contribution in [1.29, 1.82) is 0 Å². The Morgan fingerprint density at radius 3 is 2.75 bits per heavy atom. The van der Waals surface area contributed by atoms with Gasteiger partial charge in [0, 0.05) is 37.3 Å². The smallest absolute Gasteiger partial charge is 0.224 e. The van der Waals surface area contributed by atoms with Crippen molar-refractivity contribution in [2.75, 3.05) is 25.0 Å². The summed E-state index contributed by atoms with van der Waals surface area (Å²) in [6.45, 7) is 2.19. The minimum absolute atomic E-state index is 0.137. The van der Waals surface area contributed by atoms with Gasteiger partial charge in [0.05, 0.1) is 0 Å². The molecular formula is C14H18FN3OS. The molecular weight excluding hydrogens is 277 g/mol. The Morgan fingerprint density at radius 1 is 1.40 bits per heavy atom. The van der Waals surface area contributed by atoms with Gasteiger partial charge in [0.1, 0.15) is 10.8 Å². The Morgan fingerprint density at radius 2 is 2.10 bits per heavy atom. The summed E-state index contributed by atoms with van der Waals surface area (Å²) in [4.78, 5) is 13.9. The van der Waals surface area contributed by atoms with E-state index in [1.807, 2.05) is 4.90 Å².